The van der Waals surface area contributed by atoms with E-state index in [1.54, 1.807) is 7.11 Å². The van der Waals surface area contributed by atoms with Crippen molar-refractivity contribution in [3.05, 3.63) is 5.82 Å². The Morgan fingerprint density at radius 2 is 2.30 bits per heavy atom. The summed E-state index contributed by atoms with van der Waals surface area (Å²) < 4.78 is 7.42. The normalized spacial score (nSPS) is 16.3. The number of methoxy groups -OCH3 is 1. The van der Waals surface area contributed by atoms with Gasteiger partial charge in [-0.25, -0.2) is 0 Å². The zero-order chi connectivity index (χ0) is 14.5. The van der Waals surface area contributed by atoms with E-state index < -0.39 is 5.97 Å². The number of thioether (sulfide) groups is 1. The molecule has 0 bridgehead atoms. The zero-order valence-electron chi connectivity index (χ0n) is 11.9. The van der Waals surface area contributed by atoms with Gasteiger partial charge in [0.15, 0.2) is 5.16 Å². The fourth-order valence-corrected chi connectivity index (χ4v) is 3.02. The van der Waals surface area contributed by atoms with E-state index in [4.69, 9.17) is 9.84 Å². The van der Waals surface area contributed by atoms with Crippen LogP contribution in [0.2, 0.25) is 0 Å². The Morgan fingerprint density at radius 3 is 2.85 bits per heavy atom. The number of carbonyl (C=O) groups is 1. The molecule has 1 aliphatic carbocycles. The van der Waals surface area contributed by atoms with E-state index in [2.05, 4.69) is 21.7 Å². The van der Waals surface area contributed by atoms with Crippen LogP contribution < -0.4 is 0 Å². The van der Waals surface area contributed by atoms with Gasteiger partial charge in [-0.2, -0.15) is 0 Å². The van der Waals surface area contributed by atoms with Crippen molar-refractivity contribution in [2.24, 2.45) is 0 Å². The Kier molecular flexibility index (Phi) is 5.42. The van der Waals surface area contributed by atoms with E-state index in [-0.39, 0.29) is 11.8 Å². The first-order chi connectivity index (χ1) is 9.67. The molecule has 0 saturated heterocycles. The lowest BCUT2D eigenvalue weighted by molar-refractivity contribution is -0.133. The summed E-state index contributed by atoms with van der Waals surface area (Å²) in [4.78, 5) is 10.8. The largest absolute Gasteiger partial charge is 0.481 e. The van der Waals surface area contributed by atoms with Gasteiger partial charge in [0.1, 0.15) is 5.82 Å². The highest BCUT2D eigenvalue weighted by molar-refractivity contribution is 7.99. The lowest BCUT2D eigenvalue weighted by Gasteiger charge is -2.20. The Labute approximate surface area is 122 Å². The van der Waals surface area contributed by atoms with Crippen molar-refractivity contribution in [2.75, 3.05) is 19.5 Å². The topological polar surface area (TPSA) is 77.2 Å². The van der Waals surface area contributed by atoms with Gasteiger partial charge in [-0.3, -0.25) is 4.79 Å². The highest BCUT2D eigenvalue weighted by atomic mass is 32.2. The molecule has 2 rings (SSSR count). The van der Waals surface area contributed by atoms with Crippen LogP contribution in [0.5, 0.6) is 0 Å². The fourth-order valence-electron chi connectivity index (χ4n) is 2.29. The number of rotatable bonds is 9. The maximum atomic E-state index is 10.8. The highest BCUT2D eigenvalue weighted by Crippen LogP contribution is 2.41. The molecule has 1 aliphatic rings. The summed E-state index contributed by atoms with van der Waals surface area (Å²) in [6, 6.07) is 0.187. The molecule has 0 radical (unpaired) electrons. The number of aliphatic carboxylic acids is 1. The summed E-state index contributed by atoms with van der Waals surface area (Å²) in [6.07, 6.45) is 4.31. The van der Waals surface area contributed by atoms with Crippen molar-refractivity contribution in [2.45, 2.75) is 49.7 Å². The molecule has 1 saturated carbocycles. The quantitative estimate of drug-likeness (QED) is 0.705. The minimum atomic E-state index is -0.837. The molecule has 7 heteroatoms. The third-order valence-electron chi connectivity index (χ3n) is 3.30. The van der Waals surface area contributed by atoms with Crippen LogP contribution in [0.15, 0.2) is 5.16 Å². The van der Waals surface area contributed by atoms with E-state index >= 15 is 0 Å². The van der Waals surface area contributed by atoms with E-state index in [1.807, 2.05) is 0 Å². The highest BCUT2D eigenvalue weighted by Gasteiger charge is 2.32. The molecule has 1 fully saturated rings. The Hall–Kier alpha value is -1.08. The monoisotopic (exact) mass is 299 g/mol. The number of hydrogen-bond acceptors (Lipinski definition) is 5. The van der Waals surface area contributed by atoms with E-state index in [1.165, 1.54) is 11.8 Å². The summed E-state index contributed by atoms with van der Waals surface area (Å²) in [5.74, 6) is 0.650. The van der Waals surface area contributed by atoms with Crippen molar-refractivity contribution in [3.63, 3.8) is 0 Å². The number of carboxylic acids is 1. The standard InChI is InChI=1S/C13H21N3O3S/c1-3-4-10(7-19-2)16-12(9-5-6-9)14-15-13(16)20-8-11(17)18/h9-10H,3-8H2,1-2H3,(H,17,18). The lowest BCUT2D eigenvalue weighted by Crippen LogP contribution is -2.18. The van der Waals surface area contributed by atoms with E-state index in [0.29, 0.717) is 17.7 Å². The second-order valence-corrected chi connectivity index (χ2v) is 6.01. The molecule has 1 unspecified atom stereocenters. The van der Waals surface area contributed by atoms with Crippen molar-refractivity contribution in [1.82, 2.24) is 14.8 Å². The molecule has 0 aliphatic heterocycles. The average molecular weight is 299 g/mol. The summed E-state index contributed by atoms with van der Waals surface area (Å²) in [5.41, 5.74) is 0. The second kappa shape index (κ2) is 7.08. The van der Waals surface area contributed by atoms with Crippen molar-refractivity contribution >= 4 is 17.7 Å². The van der Waals surface area contributed by atoms with Crippen LogP contribution in [0.4, 0.5) is 0 Å². The van der Waals surface area contributed by atoms with Crippen LogP contribution in [0.25, 0.3) is 0 Å². The predicted molar refractivity (Wildman–Crippen MR) is 76.2 cm³/mol. The summed E-state index contributed by atoms with van der Waals surface area (Å²) in [7, 11) is 1.69. The van der Waals surface area contributed by atoms with Gasteiger partial charge in [-0.1, -0.05) is 25.1 Å². The van der Waals surface area contributed by atoms with Gasteiger partial charge < -0.3 is 14.4 Å². The summed E-state index contributed by atoms with van der Waals surface area (Å²) in [5, 5.41) is 18.0. The van der Waals surface area contributed by atoms with Gasteiger partial charge in [-0.05, 0) is 19.3 Å². The molecule has 0 spiro atoms. The Balaban J connectivity index is 2.24. The molecule has 6 nitrogen and oxygen atoms in total. The van der Waals surface area contributed by atoms with Gasteiger partial charge >= 0.3 is 5.97 Å². The van der Waals surface area contributed by atoms with Crippen LogP contribution >= 0.6 is 11.8 Å². The Morgan fingerprint density at radius 1 is 1.55 bits per heavy atom. The SMILES string of the molecule is CCCC(COC)n1c(SCC(=O)O)nnc1C1CC1. The number of aromatic nitrogens is 3. The minimum Gasteiger partial charge on any atom is -0.481 e. The number of nitrogens with zero attached hydrogens (tertiary/aromatic N) is 3. The van der Waals surface area contributed by atoms with E-state index in [0.717, 1.165) is 31.5 Å². The molecule has 1 aromatic heterocycles. The lowest BCUT2D eigenvalue weighted by atomic mass is 10.1. The van der Waals surface area contributed by atoms with Crippen molar-refractivity contribution < 1.29 is 14.6 Å². The number of ether oxygens (including phenoxy) is 1. The molecule has 112 valence electrons. The Bertz CT molecular complexity index is 454. The first kappa shape index (κ1) is 15.3. The molecule has 1 N–H and O–H groups in total. The first-order valence-corrected chi connectivity index (χ1v) is 7.94. The second-order valence-electron chi connectivity index (χ2n) is 5.07. The van der Waals surface area contributed by atoms with Gasteiger partial charge in [0.2, 0.25) is 0 Å². The first-order valence-electron chi connectivity index (χ1n) is 6.95. The van der Waals surface area contributed by atoms with Crippen LogP contribution in [0.1, 0.15) is 50.4 Å². The molecule has 0 amide bonds. The van der Waals surface area contributed by atoms with Crippen molar-refractivity contribution in [1.29, 1.82) is 0 Å². The molecule has 20 heavy (non-hydrogen) atoms. The molecular formula is C13H21N3O3S. The van der Waals surface area contributed by atoms with Crippen LogP contribution in [0.3, 0.4) is 0 Å². The smallest absolute Gasteiger partial charge is 0.313 e. The van der Waals surface area contributed by atoms with Crippen LogP contribution in [-0.2, 0) is 9.53 Å². The van der Waals surface area contributed by atoms with Crippen LogP contribution in [0, 0.1) is 0 Å². The maximum absolute atomic E-state index is 10.8. The zero-order valence-corrected chi connectivity index (χ0v) is 12.7. The molecule has 1 aromatic rings. The molecule has 1 heterocycles. The van der Waals surface area contributed by atoms with Crippen LogP contribution in [-0.4, -0.2) is 45.3 Å². The van der Waals surface area contributed by atoms with Crippen molar-refractivity contribution in [3.8, 4) is 0 Å². The summed E-state index contributed by atoms with van der Waals surface area (Å²) >= 11 is 1.24. The minimum absolute atomic E-state index is 0.00856. The molecule has 0 aromatic carbocycles. The molecule has 1 atom stereocenters. The third-order valence-corrected chi connectivity index (χ3v) is 4.23. The number of carboxylic acid groups (broad SMARTS) is 1. The molecular weight excluding hydrogens is 278 g/mol. The summed E-state index contributed by atoms with van der Waals surface area (Å²) in [6.45, 7) is 2.74. The maximum Gasteiger partial charge on any atom is 0.313 e. The van der Waals surface area contributed by atoms with Gasteiger partial charge in [-0.15, -0.1) is 10.2 Å². The number of hydrogen-bond donors (Lipinski definition) is 1. The van der Waals surface area contributed by atoms with Gasteiger partial charge in [0, 0.05) is 13.0 Å². The van der Waals surface area contributed by atoms with Gasteiger partial charge in [0.05, 0.1) is 18.4 Å². The van der Waals surface area contributed by atoms with E-state index in [9.17, 15) is 4.79 Å². The fraction of sp³-hybridized carbons (Fsp3) is 0.769. The van der Waals surface area contributed by atoms with Gasteiger partial charge in [0.25, 0.3) is 0 Å². The third kappa shape index (κ3) is 3.73. The average Bonchev–Trinajstić information content (AvgIpc) is 3.16. The predicted octanol–water partition coefficient (Wildman–Crippen LogP) is 2.32.